The maximum atomic E-state index is 13.4. The van der Waals surface area contributed by atoms with Crippen LogP contribution in [0.5, 0.6) is 0 Å². The minimum Gasteiger partial charge on any atom is -0.345 e. The minimum absolute atomic E-state index is 0.254. The van der Waals surface area contributed by atoms with E-state index in [0.717, 1.165) is 20.8 Å². The first-order chi connectivity index (χ1) is 21.4. The quantitative estimate of drug-likeness (QED) is 0.0831. The summed E-state index contributed by atoms with van der Waals surface area (Å²) in [5.41, 5.74) is 0. The number of nitrogens with zero attached hydrogens (tertiary/aromatic N) is 3. The van der Waals surface area contributed by atoms with Crippen LogP contribution in [0.15, 0.2) is 0 Å². The number of hydrogen-bond acceptors (Lipinski definition) is 12. The normalized spacial score (nSPS) is 22.0. The predicted octanol–water partition coefficient (Wildman–Crippen LogP) is -4.93. The summed E-state index contributed by atoms with van der Waals surface area (Å²) in [6, 6.07) is -5.79. The van der Waals surface area contributed by atoms with Gasteiger partial charge < -0.3 is 31.9 Å². The molecule has 21 nitrogen and oxygen atoms in total. The highest BCUT2D eigenvalue weighted by Gasteiger charge is 2.31. The number of hydrogen-bond donors (Lipinski definition) is 9. The van der Waals surface area contributed by atoms with Gasteiger partial charge >= 0.3 is 0 Å². The van der Waals surface area contributed by atoms with E-state index in [0.29, 0.717) is 0 Å². The fraction of sp³-hybridized carbons (Fsp3) is 0.640. The topological polar surface area (TPSA) is 296 Å². The molecule has 4 atom stereocenters. The highest BCUT2D eigenvalue weighted by molar-refractivity contribution is 5.96. The molecule has 1 rings (SSSR count). The number of amides is 9. The Bertz CT molecular complexity index is 1160. The SMILES string of the molecule is CC(=O)N(O)CC[C@@H]1NC(=O)CNC(=O)C(C)NC(=O)CNC(=O)[C@H](CCN(O)C(C)=O)NC(=O)[C@H](CCN(O)C(C)=O)NC1=O. The van der Waals surface area contributed by atoms with Crippen molar-refractivity contribution < 1.29 is 58.8 Å². The number of carbonyl (C=O) groups excluding carboxylic acids is 9. The van der Waals surface area contributed by atoms with E-state index in [2.05, 4.69) is 31.9 Å². The predicted molar refractivity (Wildman–Crippen MR) is 151 cm³/mol. The van der Waals surface area contributed by atoms with Crippen LogP contribution in [-0.4, -0.2) is 141 Å². The Morgan fingerprint density at radius 2 is 0.891 bits per heavy atom. The molecule has 0 aromatic heterocycles. The van der Waals surface area contributed by atoms with E-state index in [1.54, 1.807) is 0 Å². The lowest BCUT2D eigenvalue weighted by molar-refractivity contribution is -0.164. The third-order valence-electron chi connectivity index (χ3n) is 6.51. The second-order valence-electron chi connectivity index (χ2n) is 10.3. The van der Waals surface area contributed by atoms with Crippen LogP contribution in [-0.2, 0) is 43.2 Å². The molecule has 258 valence electrons. The Kier molecular flexibility index (Phi) is 16.0. The zero-order chi connectivity index (χ0) is 35.1. The van der Waals surface area contributed by atoms with Gasteiger partial charge in [0.05, 0.1) is 32.7 Å². The van der Waals surface area contributed by atoms with Crippen molar-refractivity contribution in [2.75, 3.05) is 32.7 Å². The largest absolute Gasteiger partial charge is 0.345 e. The van der Waals surface area contributed by atoms with Gasteiger partial charge in [-0.05, 0) is 26.2 Å². The van der Waals surface area contributed by atoms with Crippen LogP contribution < -0.4 is 31.9 Å². The van der Waals surface area contributed by atoms with E-state index in [4.69, 9.17) is 0 Å². The first-order valence-corrected chi connectivity index (χ1v) is 14.1. The molecule has 0 aromatic rings. The molecule has 21 heteroatoms. The monoisotopic (exact) mass is 659 g/mol. The highest BCUT2D eigenvalue weighted by atomic mass is 16.5. The molecule has 46 heavy (non-hydrogen) atoms. The molecule has 1 unspecified atom stereocenters. The van der Waals surface area contributed by atoms with Gasteiger partial charge in [-0.3, -0.25) is 58.8 Å². The minimum atomic E-state index is -1.59. The van der Waals surface area contributed by atoms with E-state index < -0.39 is 116 Å². The van der Waals surface area contributed by atoms with E-state index in [9.17, 15) is 58.8 Å². The van der Waals surface area contributed by atoms with E-state index in [1.165, 1.54) is 6.92 Å². The summed E-state index contributed by atoms with van der Waals surface area (Å²) in [5.74, 6) is -7.90. The standard InChI is InChI=1S/C25H41N9O12/c1-13-22(40)26-12-21(39)29-18(6-9-33(45)15(3)36)24(42)31-19(7-10-34(46)16(4)37)25(43)30-17(5-8-32(44)14(2)35)23(41)27-11-20(38)28-13/h13,17-19,44-46H,5-12H2,1-4H3,(H,26,40)(H,27,41)(H,28,38)(H,29,39)(H,30,43)(H,31,42)/t13?,17-,18-,19-/m0/s1. The molecule has 0 aromatic carbocycles. The van der Waals surface area contributed by atoms with Gasteiger partial charge in [0.1, 0.15) is 24.2 Å². The second kappa shape index (κ2) is 18.8. The number of nitrogens with one attached hydrogen (secondary N) is 6. The van der Waals surface area contributed by atoms with Crippen molar-refractivity contribution in [3.8, 4) is 0 Å². The van der Waals surface area contributed by atoms with Gasteiger partial charge in [0.25, 0.3) is 0 Å². The van der Waals surface area contributed by atoms with Gasteiger partial charge in [0.2, 0.25) is 53.2 Å². The van der Waals surface area contributed by atoms with Crippen molar-refractivity contribution in [3.63, 3.8) is 0 Å². The van der Waals surface area contributed by atoms with Gasteiger partial charge in [0.15, 0.2) is 0 Å². The third kappa shape index (κ3) is 13.8. The lowest BCUT2D eigenvalue weighted by Crippen LogP contribution is -2.59. The zero-order valence-electron chi connectivity index (χ0n) is 25.8. The summed E-state index contributed by atoms with van der Waals surface area (Å²) in [6.07, 6.45) is -1.20. The van der Waals surface area contributed by atoms with E-state index in [-0.39, 0.29) is 28.0 Å². The van der Waals surface area contributed by atoms with Gasteiger partial charge in [-0.15, -0.1) is 0 Å². The number of hydroxylamine groups is 6. The van der Waals surface area contributed by atoms with Crippen LogP contribution >= 0.6 is 0 Å². The van der Waals surface area contributed by atoms with E-state index >= 15 is 0 Å². The van der Waals surface area contributed by atoms with Crippen LogP contribution in [0.25, 0.3) is 0 Å². The Morgan fingerprint density at radius 1 is 0.565 bits per heavy atom. The summed E-state index contributed by atoms with van der Waals surface area (Å²) in [4.78, 5) is 112. The second-order valence-corrected chi connectivity index (χ2v) is 10.3. The van der Waals surface area contributed by atoms with E-state index in [1.807, 2.05) is 0 Å². The number of carbonyl (C=O) groups is 9. The van der Waals surface area contributed by atoms with Crippen molar-refractivity contribution in [1.82, 2.24) is 47.1 Å². The van der Waals surface area contributed by atoms with Crippen molar-refractivity contribution in [3.05, 3.63) is 0 Å². The van der Waals surface area contributed by atoms with Crippen LogP contribution in [0.2, 0.25) is 0 Å². The fourth-order valence-electron chi connectivity index (χ4n) is 3.79. The molecule has 1 aliphatic rings. The molecule has 1 heterocycles. The van der Waals surface area contributed by atoms with Crippen LogP contribution in [0.3, 0.4) is 0 Å². The van der Waals surface area contributed by atoms with Crippen molar-refractivity contribution in [2.24, 2.45) is 0 Å². The molecule has 1 saturated heterocycles. The fourth-order valence-corrected chi connectivity index (χ4v) is 3.79. The maximum Gasteiger partial charge on any atom is 0.243 e. The zero-order valence-corrected chi connectivity index (χ0v) is 25.8. The first-order valence-electron chi connectivity index (χ1n) is 14.1. The van der Waals surface area contributed by atoms with Crippen LogP contribution in [0.4, 0.5) is 0 Å². The Hall–Kier alpha value is -4.89. The summed E-state index contributed by atoms with van der Waals surface area (Å²) in [7, 11) is 0. The smallest absolute Gasteiger partial charge is 0.243 e. The highest BCUT2D eigenvalue weighted by Crippen LogP contribution is 2.04. The molecule has 9 amide bonds. The maximum absolute atomic E-state index is 13.4. The average molecular weight is 660 g/mol. The molecule has 0 radical (unpaired) electrons. The van der Waals surface area contributed by atoms with Crippen molar-refractivity contribution in [1.29, 1.82) is 0 Å². The molecule has 9 N–H and O–H groups in total. The molecule has 0 spiro atoms. The molecule has 0 bridgehead atoms. The summed E-state index contributed by atoms with van der Waals surface area (Å²) >= 11 is 0. The van der Waals surface area contributed by atoms with Crippen molar-refractivity contribution in [2.45, 2.75) is 71.1 Å². The molecule has 0 saturated carbocycles. The van der Waals surface area contributed by atoms with Crippen LogP contribution in [0, 0.1) is 0 Å². The van der Waals surface area contributed by atoms with Crippen molar-refractivity contribution >= 4 is 53.2 Å². The summed E-state index contributed by atoms with van der Waals surface area (Å²) in [5, 5.41) is 44.0. The van der Waals surface area contributed by atoms with Gasteiger partial charge in [-0.1, -0.05) is 0 Å². The lowest BCUT2D eigenvalue weighted by Gasteiger charge is -2.27. The third-order valence-corrected chi connectivity index (χ3v) is 6.51. The summed E-state index contributed by atoms with van der Waals surface area (Å²) < 4.78 is 0. The molecule has 1 fully saturated rings. The van der Waals surface area contributed by atoms with Gasteiger partial charge in [0, 0.05) is 20.8 Å². The summed E-state index contributed by atoms with van der Waals surface area (Å²) in [6.45, 7) is 1.65. The van der Waals surface area contributed by atoms with Gasteiger partial charge in [-0.2, -0.15) is 0 Å². The average Bonchev–Trinajstić information content (AvgIpc) is 2.98. The Morgan fingerprint density at radius 3 is 1.28 bits per heavy atom. The molecule has 0 aliphatic carbocycles. The van der Waals surface area contributed by atoms with Crippen LogP contribution in [0.1, 0.15) is 47.0 Å². The number of rotatable bonds is 9. The Labute approximate surface area is 263 Å². The molecule has 1 aliphatic heterocycles. The van der Waals surface area contributed by atoms with Gasteiger partial charge in [-0.25, -0.2) is 15.2 Å². The Balaban J connectivity index is 3.46. The molecular weight excluding hydrogens is 618 g/mol. The first kappa shape index (κ1) is 39.1. The lowest BCUT2D eigenvalue weighted by atomic mass is 10.1. The molecular formula is C25H41N9O12.